The average Bonchev–Trinajstić information content (AvgIpc) is 3.98. The molecule has 0 bridgehead atoms. The highest BCUT2D eigenvalue weighted by atomic mass is 35.5. The number of ketones is 2. The molecule has 4 aromatic rings. The number of hydrogen-bond acceptors (Lipinski definition) is 11. The minimum absolute atomic E-state index is 0. The van der Waals surface area contributed by atoms with Crippen LogP contribution in [0.1, 0.15) is 81.4 Å². The van der Waals surface area contributed by atoms with Gasteiger partial charge in [0.1, 0.15) is 23.7 Å². The van der Waals surface area contributed by atoms with Crippen molar-refractivity contribution < 1.29 is 54.2 Å². The Labute approximate surface area is 375 Å². The minimum atomic E-state index is -4.56. The van der Waals surface area contributed by atoms with Crippen molar-refractivity contribution in [2.24, 2.45) is 0 Å². The molecule has 0 radical (unpaired) electrons. The molecule has 0 unspecified atom stereocenters. The number of nitrogens with zero attached hydrogens (tertiary/aromatic N) is 5. The van der Waals surface area contributed by atoms with Gasteiger partial charge in [-0.25, -0.2) is 23.5 Å². The lowest BCUT2D eigenvalue weighted by Crippen LogP contribution is -2.47. The van der Waals surface area contributed by atoms with Crippen molar-refractivity contribution in [3.63, 3.8) is 0 Å². The van der Waals surface area contributed by atoms with Gasteiger partial charge in [-0.1, -0.05) is 23.2 Å². The lowest BCUT2D eigenvalue weighted by molar-refractivity contribution is -0.138. The Morgan fingerprint density at radius 1 is 0.758 bits per heavy atom. The van der Waals surface area contributed by atoms with Crippen LogP contribution < -0.4 is 5.32 Å². The van der Waals surface area contributed by atoms with Gasteiger partial charge < -0.3 is 10.1 Å². The molecule has 340 valence electrons. The maximum atomic E-state index is 14.4. The second kappa shape index (κ2) is 20.5. The number of ether oxygens (including phenoxy) is 1. The first kappa shape index (κ1) is 51.1. The van der Waals surface area contributed by atoms with Crippen molar-refractivity contribution in [3.8, 4) is 21.1 Å². The van der Waals surface area contributed by atoms with Gasteiger partial charge in [0, 0.05) is 56.5 Å². The number of rotatable bonds is 10. The summed E-state index contributed by atoms with van der Waals surface area (Å²) < 4.78 is 110. The van der Waals surface area contributed by atoms with Gasteiger partial charge in [0.05, 0.1) is 49.3 Å². The van der Waals surface area contributed by atoms with Crippen molar-refractivity contribution in [1.29, 1.82) is 0 Å². The van der Waals surface area contributed by atoms with Crippen LogP contribution in [-0.2, 0) is 39.5 Å². The van der Waals surface area contributed by atoms with Crippen LogP contribution in [0.25, 0.3) is 21.1 Å². The topological polar surface area (TPSA) is 127 Å². The molecule has 4 aromatic heterocycles. The Kier molecular flexibility index (Phi) is 16.9. The number of pyridine rings is 2. The third kappa shape index (κ3) is 13.0. The molecule has 0 aromatic carbocycles. The van der Waals surface area contributed by atoms with Crippen LogP contribution in [0.2, 0.25) is 10.0 Å². The maximum Gasteiger partial charge on any atom is 0.443 e. The van der Waals surface area contributed by atoms with Crippen LogP contribution in [0.3, 0.4) is 0 Å². The zero-order valence-electron chi connectivity index (χ0n) is 33.5. The Morgan fingerprint density at radius 2 is 1.23 bits per heavy atom. The normalized spacial score (nSPS) is 21.6. The second-order valence-electron chi connectivity index (χ2n) is 15.5. The summed E-state index contributed by atoms with van der Waals surface area (Å²) in [5.74, 6) is -0.474. The fourth-order valence-electron chi connectivity index (χ4n) is 6.54. The molecule has 0 spiro atoms. The molecule has 6 atom stereocenters. The summed E-state index contributed by atoms with van der Waals surface area (Å²) in [6.07, 6.45) is -6.85. The number of carbonyl (C=O) groups excluding carboxylic acids is 3. The standard InChI is InChI=1S/C22H24ClF4N3O3S.C17H16ClF4N3OS.ClH/c1-11-14(24)8-16(30(11)20(32)33-21(2,3)4)17(31)6-5-12-7-15(28-9-13(12)23)18-10-29-19(34-18)22(25,26)27;1-8-11(19)5-12(25-8)14(26)3-2-9-4-13(23-6-10(9)18)15-7-24-16(27-15)17(20,21)22;/h7,9-11,14,16H,5-6,8H2,1-4H3;4,6-8,11-12,25H,2-3,5H2,1H3;1H/t11-,14+,16-;8-,11+,12-;/m00./s1. The van der Waals surface area contributed by atoms with E-state index in [-0.39, 0.29) is 82.6 Å². The quantitative estimate of drug-likeness (QED) is 0.155. The number of nitrogens with one attached hydrogen (secondary N) is 1. The fraction of sp³-hybridized carbons (Fsp3) is 0.513. The smallest absolute Gasteiger partial charge is 0.443 e. The van der Waals surface area contributed by atoms with Crippen LogP contribution in [0.5, 0.6) is 0 Å². The summed E-state index contributed by atoms with van der Waals surface area (Å²) in [6.45, 7) is 8.25. The maximum absolute atomic E-state index is 14.4. The Hall–Kier alpha value is -3.56. The van der Waals surface area contributed by atoms with E-state index in [1.54, 1.807) is 33.8 Å². The van der Waals surface area contributed by atoms with Gasteiger partial charge in [0.15, 0.2) is 15.8 Å². The number of aryl methyl sites for hydroxylation is 2. The van der Waals surface area contributed by atoms with E-state index in [1.807, 2.05) is 0 Å². The van der Waals surface area contributed by atoms with Crippen molar-refractivity contribution in [3.05, 3.63) is 68.1 Å². The first-order chi connectivity index (χ1) is 28.3. The number of halogens is 11. The number of carbonyl (C=O) groups is 3. The molecule has 62 heavy (non-hydrogen) atoms. The van der Waals surface area contributed by atoms with Crippen molar-refractivity contribution >= 4 is 75.9 Å². The molecular weight excluding hydrogens is 939 g/mol. The molecule has 6 heterocycles. The van der Waals surface area contributed by atoms with Gasteiger partial charge in [-0.3, -0.25) is 24.5 Å². The van der Waals surface area contributed by atoms with Crippen LogP contribution >= 0.6 is 58.3 Å². The number of amides is 1. The van der Waals surface area contributed by atoms with Crippen molar-refractivity contribution in [2.75, 3.05) is 0 Å². The van der Waals surface area contributed by atoms with E-state index in [4.69, 9.17) is 27.9 Å². The molecule has 2 aliphatic heterocycles. The van der Waals surface area contributed by atoms with Crippen LogP contribution in [-0.4, -0.2) is 84.6 Å². The third-order valence-corrected chi connectivity index (χ3v) is 12.5. The molecule has 2 fully saturated rings. The van der Waals surface area contributed by atoms with Crippen LogP contribution in [0.15, 0.2) is 36.9 Å². The number of aromatic nitrogens is 4. The minimum Gasteiger partial charge on any atom is -0.444 e. The third-order valence-electron chi connectivity index (χ3n) is 9.73. The zero-order valence-corrected chi connectivity index (χ0v) is 37.5. The molecule has 2 aliphatic rings. The molecule has 1 N–H and O–H groups in total. The molecular formula is C39H41Cl3F8N6O4S2. The van der Waals surface area contributed by atoms with Crippen molar-refractivity contribution in [2.45, 2.75) is 128 Å². The molecule has 10 nitrogen and oxygen atoms in total. The molecule has 0 aliphatic carbocycles. The lowest BCUT2D eigenvalue weighted by atomic mass is 10.0. The number of alkyl halides is 8. The number of thiazole rings is 2. The Balaban J connectivity index is 0.000000275. The van der Waals surface area contributed by atoms with Crippen molar-refractivity contribution in [1.82, 2.24) is 30.2 Å². The van der Waals surface area contributed by atoms with Gasteiger partial charge >= 0.3 is 18.4 Å². The van der Waals surface area contributed by atoms with E-state index in [2.05, 4.69) is 25.3 Å². The fourth-order valence-corrected chi connectivity index (χ4v) is 8.44. The molecule has 0 saturated carbocycles. The predicted molar refractivity (Wildman–Crippen MR) is 221 cm³/mol. The van der Waals surface area contributed by atoms with Gasteiger partial charge in [-0.15, -0.1) is 35.1 Å². The van der Waals surface area contributed by atoms with E-state index in [0.29, 0.717) is 50.9 Å². The van der Waals surface area contributed by atoms with E-state index < -0.39 is 64.5 Å². The predicted octanol–water partition coefficient (Wildman–Crippen LogP) is 11.0. The first-order valence-electron chi connectivity index (χ1n) is 18.8. The van der Waals surface area contributed by atoms with E-state index in [9.17, 15) is 49.5 Å². The summed E-state index contributed by atoms with van der Waals surface area (Å²) in [5.41, 5.74) is 0.843. The second-order valence-corrected chi connectivity index (χ2v) is 18.3. The van der Waals surface area contributed by atoms with Gasteiger partial charge in [-0.2, -0.15) is 26.3 Å². The Morgan fingerprint density at radius 3 is 1.63 bits per heavy atom. The summed E-state index contributed by atoms with van der Waals surface area (Å²) >= 11 is 13.2. The van der Waals surface area contributed by atoms with Gasteiger partial charge in [-0.05, 0) is 70.7 Å². The van der Waals surface area contributed by atoms with Crippen LogP contribution in [0.4, 0.5) is 39.9 Å². The Bertz CT molecular complexity index is 2210. The van der Waals surface area contributed by atoms with E-state index in [0.717, 1.165) is 17.3 Å². The number of Topliss-reactive ketones (excluding diaryl/α,β-unsaturated/α-hetero) is 2. The SMILES string of the molecule is C[C@@H]1N[C@H](C(=O)CCc2cc(-c3cnc(C(F)(F)F)s3)ncc2Cl)C[C@H]1F.C[C@H]1[C@H](F)C[C@@H](C(=O)CCc2cc(-c3cnc(C(F)(F)F)s3)ncc2Cl)N1C(=O)OC(C)(C)C.Cl. The lowest BCUT2D eigenvalue weighted by Gasteiger charge is -2.30. The monoisotopic (exact) mass is 978 g/mol. The molecule has 23 heteroatoms. The highest BCUT2D eigenvalue weighted by molar-refractivity contribution is 7.15. The van der Waals surface area contributed by atoms with Gasteiger partial charge in [0.2, 0.25) is 0 Å². The summed E-state index contributed by atoms with van der Waals surface area (Å²) in [5, 5.41) is 1.55. The number of hydrogen-bond donors (Lipinski definition) is 1. The summed E-state index contributed by atoms with van der Waals surface area (Å²) in [4.78, 5) is 54.3. The molecule has 6 rings (SSSR count). The largest absolute Gasteiger partial charge is 0.444 e. The van der Waals surface area contributed by atoms with Crippen LogP contribution in [0, 0.1) is 0 Å². The zero-order chi connectivity index (χ0) is 45.2. The van der Waals surface area contributed by atoms with E-state index in [1.165, 1.54) is 25.4 Å². The molecule has 1 amide bonds. The van der Waals surface area contributed by atoms with Gasteiger partial charge in [0.25, 0.3) is 0 Å². The highest BCUT2D eigenvalue weighted by Crippen LogP contribution is 2.38. The number of likely N-dealkylation sites (tertiary alicyclic amines) is 1. The highest BCUT2D eigenvalue weighted by Gasteiger charge is 2.46. The summed E-state index contributed by atoms with van der Waals surface area (Å²) in [7, 11) is 0. The summed E-state index contributed by atoms with van der Waals surface area (Å²) in [6, 6.07) is 0.399. The average molecular weight is 980 g/mol. The molecule has 2 saturated heterocycles. The first-order valence-corrected chi connectivity index (χ1v) is 21.2. The van der Waals surface area contributed by atoms with E-state index >= 15 is 0 Å².